The van der Waals surface area contributed by atoms with Gasteiger partial charge in [0.25, 0.3) is 0 Å². The van der Waals surface area contributed by atoms with Crippen molar-refractivity contribution in [3.8, 4) is 0 Å². The maximum absolute atomic E-state index is 12.7. The number of carbonyl (C=O) groups excluding carboxylic acids is 1. The van der Waals surface area contributed by atoms with E-state index in [1.165, 1.54) is 6.42 Å². The second-order valence-electron chi connectivity index (χ2n) is 8.60. The molecule has 1 amide bonds. The van der Waals surface area contributed by atoms with E-state index in [2.05, 4.69) is 26.8 Å². The van der Waals surface area contributed by atoms with Gasteiger partial charge in [-0.1, -0.05) is 6.92 Å². The summed E-state index contributed by atoms with van der Waals surface area (Å²) in [5.74, 6) is 1.03. The van der Waals surface area contributed by atoms with Crippen molar-refractivity contribution in [1.29, 1.82) is 0 Å². The number of aromatic nitrogens is 3. The number of nitrogens with one attached hydrogen (secondary N) is 1. The molecule has 0 aromatic carbocycles. The van der Waals surface area contributed by atoms with E-state index in [9.17, 15) is 4.79 Å². The summed E-state index contributed by atoms with van der Waals surface area (Å²) in [5.41, 5.74) is 3.02. The van der Waals surface area contributed by atoms with Crippen LogP contribution in [0, 0.1) is 18.3 Å². The van der Waals surface area contributed by atoms with E-state index in [1.807, 2.05) is 19.1 Å². The minimum Gasteiger partial charge on any atom is -0.377 e. The Kier molecular flexibility index (Phi) is 3.61. The molecule has 3 atom stereocenters. The van der Waals surface area contributed by atoms with Crippen LogP contribution in [-0.2, 0) is 9.53 Å². The summed E-state index contributed by atoms with van der Waals surface area (Å²) in [4.78, 5) is 22.0. The molecule has 2 saturated carbocycles. The van der Waals surface area contributed by atoms with Crippen LogP contribution in [0.25, 0.3) is 11.2 Å². The normalized spacial score (nSPS) is 30.7. The number of imidazole rings is 1. The van der Waals surface area contributed by atoms with Crippen LogP contribution in [-0.4, -0.2) is 33.2 Å². The largest absolute Gasteiger partial charge is 0.377 e. The number of aryl methyl sites for hydroxylation is 1. The number of pyridine rings is 1. The Morgan fingerprint density at radius 3 is 2.96 bits per heavy atom. The van der Waals surface area contributed by atoms with Crippen molar-refractivity contribution in [2.75, 3.05) is 11.9 Å². The molecule has 26 heavy (non-hydrogen) atoms. The molecule has 138 valence electrons. The maximum Gasteiger partial charge on any atom is 0.227 e. The minimum atomic E-state index is 0.0418. The highest BCUT2D eigenvalue weighted by molar-refractivity contribution is 5.91. The van der Waals surface area contributed by atoms with Crippen molar-refractivity contribution >= 4 is 23.0 Å². The van der Waals surface area contributed by atoms with Crippen LogP contribution in [0.4, 0.5) is 5.95 Å². The second-order valence-corrected chi connectivity index (χ2v) is 8.60. The maximum atomic E-state index is 12.7. The summed E-state index contributed by atoms with van der Waals surface area (Å²) >= 11 is 0. The lowest BCUT2D eigenvalue weighted by Crippen LogP contribution is -2.48. The average Bonchev–Trinajstić information content (AvgIpc) is 3.02. The van der Waals surface area contributed by atoms with E-state index in [0.29, 0.717) is 29.7 Å². The Balaban J connectivity index is 1.36. The number of carbonyl (C=O) groups is 1. The predicted molar refractivity (Wildman–Crippen MR) is 99.0 cm³/mol. The Labute approximate surface area is 153 Å². The van der Waals surface area contributed by atoms with Crippen molar-refractivity contribution in [3.63, 3.8) is 0 Å². The first-order valence-corrected chi connectivity index (χ1v) is 9.80. The summed E-state index contributed by atoms with van der Waals surface area (Å²) in [6.45, 7) is 5.11. The second kappa shape index (κ2) is 5.78. The number of rotatable bonds is 4. The van der Waals surface area contributed by atoms with Crippen molar-refractivity contribution in [3.05, 3.63) is 17.8 Å². The molecule has 0 radical (unpaired) electrons. The first-order valence-electron chi connectivity index (χ1n) is 9.80. The molecule has 6 nitrogen and oxygen atoms in total. The lowest BCUT2D eigenvalue weighted by Gasteiger charge is -2.47. The molecular formula is C20H26N4O2. The quantitative estimate of drug-likeness (QED) is 0.911. The van der Waals surface area contributed by atoms with Crippen LogP contribution in [0.1, 0.15) is 57.2 Å². The molecule has 3 heterocycles. The molecule has 3 aliphatic rings. The Hall–Kier alpha value is -1.95. The van der Waals surface area contributed by atoms with Crippen LogP contribution < -0.4 is 5.32 Å². The van der Waals surface area contributed by atoms with Gasteiger partial charge >= 0.3 is 0 Å². The van der Waals surface area contributed by atoms with Gasteiger partial charge in [0, 0.05) is 24.8 Å². The zero-order valence-corrected chi connectivity index (χ0v) is 15.5. The van der Waals surface area contributed by atoms with Crippen LogP contribution in [0.15, 0.2) is 12.1 Å². The monoisotopic (exact) mass is 354 g/mol. The first-order chi connectivity index (χ1) is 12.5. The minimum absolute atomic E-state index is 0.0418. The third-order valence-corrected chi connectivity index (χ3v) is 6.63. The molecule has 2 aliphatic carbocycles. The molecule has 2 aromatic rings. The molecule has 1 unspecified atom stereocenters. The molecule has 0 bridgehead atoms. The fourth-order valence-corrected chi connectivity index (χ4v) is 4.97. The molecule has 1 aliphatic heterocycles. The number of hydrogen-bond donors (Lipinski definition) is 1. The van der Waals surface area contributed by atoms with E-state index in [-0.39, 0.29) is 12.0 Å². The van der Waals surface area contributed by atoms with Gasteiger partial charge in [0.1, 0.15) is 5.52 Å². The average molecular weight is 354 g/mol. The zero-order valence-electron chi connectivity index (χ0n) is 15.5. The zero-order chi connectivity index (χ0) is 17.9. The van der Waals surface area contributed by atoms with Gasteiger partial charge in [-0.3, -0.25) is 14.7 Å². The third kappa shape index (κ3) is 2.46. The number of nitrogens with zero attached hydrogens (tertiary/aromatic N) is 3. The summed E-state index contributed by atoms with van der Waals surface area (Å²) < 4.78 is 8.00. The number of amides is 1. The van der Waals surface area contributed by atoms with E-state index >= 15 is 0 Å². The van der Waals surface area contributed by atoms with Crippen LogP contribution >= 0.6 is 0 Å². The SMILES string of the molecule is Cc1ccc2nc(NC(=O)CC3C[C@]4(C)CCO[C@H]34)n(C3CCC3)c2n1. The van der Waals surface area contributed by atoms with Crippen molar-refractivity contribution in [2.24, 2.45) is 11.3 Å². The van der Waals surface area contributed by atoms with Crippen LogP contribution in [0.3, 0.4) is 0 Å². The van der Waals surface area contributed by atoms with Gasteiger partial charge in [0.2, 0.25) is 11.9 Å². The van der Waals surface area contributed by atoms with Gasteiger partial charge in [0.05, 0.1) is 6.10 Å². The van der Waals surface area contributed by atoms with Crippen LogP contribution in [0.2, 0.25) is 0 Å². The Morgan fingerprint density at radius 1 is 1.38 bits per heavy atom. The van der Waals surface area contributed by atoms with Crippen molar-refractivity contribution < 1.29 is 9.53 Å². The fourth-order valence-electron chi connectivity index (χ4n) is 4.97. The summed E-state index contributed by atoms with van der Waals surface area (Å²) in [6, 6.07) is 4.36. The number of anilines is 1. The number of hydrogen-bond acceptors (Lipinski definition) is 4. The highest BCUT2D eigenvalue weighted by Crippen LogP contribution is 2.54. The van der Waals surface area contributed by atoms with Gasteiger partial charge in [0.15, 0.2) is 5.65 Å². The van der Waals surface area contributed by atoms with Crippen molar-refractivity contribution in [2.45, 2.75) is 64.5 Å². The molecule has 1 N–H and O–H groups in total. The highest BCUT2D eigenvalue weighted by atomic mass is 16.5. The molecular weight excluding hydrogens is 328 g/mol. The topological polar surface area (TPSA) is 69.0 Å². The number of ether oxygens (including phenoxy) is 1. The lowest BCUT2D eigenvalue weighted by molar-refractivity contribution is -0.125. The molecule has 3 fully saturated rings. The highest BCUT2D eigenvalue weighted by Gasteiger charge is 2.54. The van der Waals surface area contributed by atoms with E-state index in [4.69, 9.17) is 4.74 Å². The van der Waals surface area contributed by atoms with E-state index in [0.717, 1.165) is 49.1 Å². The van der Waals surface area contributed by atoms with E-state index < -0.39 is 0 Å². The third-order valence-electron chi connectivity index (χ3n) is 6.63. The smallest absolute Gasteiger partial charge is 0.227 e. The summed E-state index contributed by atoms with van der Waals surface area (Å²) in [6.07, 6.45) is 6.46. The van der Waals surface area contributed by atoms with Gasteiger partial charge < -0.3 is 4.74 Å². The van der Waals surface area contributed by atoms with Gasteiger partial charge in [-0.15, -0.1) is 0 Å². The lowest BCUT2D eigenvalue weighted by atomic mass is 9.59. The van der Waals surface area contributed by atoms with Gasteiger partial charge in [-0.2, -0.15) is 0 Å². The first kappa shape index (κ1) is 16.2. The molecule has 1 saturated heterocycles. The number of fused-ring (bicyclic) bond motifs is 2. The van der Waals surface area contributed by atoms with Gasteiger partial charge in [-0.25, -0.2) is 9.97 Å². The van der Waals surface area contributed by atoms with Gasteiger partial charge in [-0.05, 0) is 62.5 Å². The standard InChI is InChI=1S/C20H26N4O2/c1-12-6-7-15-18(21-12)24(14-4-3-5-14)19(22-15)23-16(25)10-13-11-20(2)8-9-26-17(13)20/h6-7,13-14,17H,3-5,8-11H2,1-2H3,(H,22,23,25)/t13?,17-,20+/m1/s1. The van der Waals surface area contributed by atoms with Crippen LogP contribution in [0.5, 0.6) is 0 Å². The molecule has 2 aromatic heterocycles. The molecule has 6 heteroatoms. The Bertz CT molecular complexity index is 872. The molecule has 5 rings (SSSR count). The Morgan fingerprint density at radius 2 is 2.23 bits per heavy atom. The summed E-state index contributed by atoms with van der Waals surface area (Å²) in [7, 11) is 0. The predicted octanol–water partition coefficient (Wildman–Crippen LogP) is 3.61. The van der Waals surface area contributed by atoms with E-state index in [1.54, 1.807) is 0 Å². The fraction of sp³-hybridized carbons (Fsp3) is 0.650. The van der Waals surface area contributed by atoms with Crippen molar-refractivity contribution in [1.82, 2.24) is 14.5 Å². The summed E-state index contributed by atoms with van der Waals surface area (Å²) in [5, 5.41) is 3.08. The molecule has 0 spiro atoms.